The van der Waals surface area contributed by atoms with Crippen LogP contribution in [-0.4, -0.2) is 38.9 Å². The first kappa shape index (κ1) is 23.0. The summed E-state index contributed by atoms with van der Waals surface area (Å²) in [5, 5.41) is 14.9. The minimum Gasteiger partial charge on any atom is -0.347 e. The summed E-state index contributed by atoms with van der Waals surface area (Å²) < 4.78 is 1.55. The maximum atomic E-state index is 12.0. The van der Waals surface area contributed by atoms with Gasteiger partial charge in [0.05, 0.1) is 5.02 Å². The fourth-order valence-corrected chi connectivity index (χ4v) is 6.00. The van der Waals surface area contributed by atoms with E-state index in [-0.39, 0.29) is 16.6 Å². The number of rotatable bonds is 4. The van der Waals surface area contributed by atoms with Crippen molar-refractivity contribution in [1.82, 2.24) is 20.1 Å². The van der Waals surface area contributed by atoms with Gasteiger partial charge in [-0.15, -0.1) is 10.2 Å². The van der Waals surface area contributed by atoms with E-state index >= 15 is 0 Å². The Morgan fingerprint density at radius 3 is 2.38 bits per heavy atom. The highest BCUT2D eigenvalue weighted by Crippen LogP contribution is 2.38. The third kappa shape index (κ3) is 4.75. The molecule has 0 amide bonds. The van der Waals surface area contributed by atoms with Gasteiger partial charge >= 0.3 is 0 Å². The standard InChI is InChI=1S/C24H30ClN5OS/c1-23(2)13-17(14-24(3,4)28-23)30(6)22-27-26-21(32-22)18-8-7-15(11-19(18)25)16-9-10-29(5)20(31)12-16/h7-12,17,28H,13-14H2,1-6H3. The second-order valence-electron chi connectivity index (χ2n) is 10.0. The monoisotopic (exact) mass is 471 g/mol. The Labute approximate surface area is 198 Å². The fourth-order valence-electron chi connectivity index (χ4n) is 4.76. The summed E-state index contributed by atoms with van der Waals surface area (Å²) in [4.78, 5) is 14.2. The van der Waals surface area contributed by atoms with E-state index in [9.17, 15) is 4.79 Å². The number of hydrogen-bond donors (Lipinski definition) is 1. The summed E-state index contributed by atoms with van der Waals surface area (Å²) in [5.41, 5.74) is 2.66. The van der Waals surface area contributed by atoms with E-state index in [1.54, 1.807) is 35.2 Å². The van der Waals surface area contributed by atoms with Gasteiger partial charge in [-0.1, -0.05) is 29.0 Å². The van der Waals surface area contributed by atoms with E-state index in [4.69, 9.17) is 11.6 Å². The quantitative estimate of drug-likeness (QED) is 0.582. The van der Waals surface area contributed by atoms with E-state index in [0.717, 1.165) is 39.7 Å². The van der Waals surface area contributed by atoms with Crippen LogP contribution in [0.1, 0.15) is 40.5 Å². The largest absolute Gasteiger partial charge is 0.347 e. The molecule has 32 heavy (non-hydrogen) atoms. The van der Waals surface area contributed by atoms with E-state index in [1.165, 1.54) is 0 Å². The Hall–Kier alpha value is -2.22. The van der Waals surface area contributed by atoms with Gasteiger partial charge in [0.1, 0.15) is 0 Å². The molecule has 2 aromatic heterocycles. The van der Waals surface area contributed by atoms with Crippen LogP contribution in [0.25, 0.3) is 21.7 Å². The van der Waals surface area contributed by atoms with Crippen LogP contribution in [0.15, 0.2) is 41.3 Å². The van der Waals surface area contributed by atoms with E-state index in [2.05, 4.69) is 55.2 Å². The molecule has 1 fully saturated rings. The fraction of sp³-hybridized carbons (Fsp3) is 0.458. The number of aromatic nitrogens is 3. The summed E-state index contributed by atoms with van der Waals surface area (Å²) >= 11 is 8.18. The van der Waals surface area contributed by atoms with Crippen molar-refractivity contribution in [2.75, 3.05) is 11.9 Å². The summed E-state index contributed by atoms with van der Waals surface area (Å²) in [5.74, 6) is 0. The molecule has 1 N–H and O–H groups in total. The number of halogens is 1. The minimum absolute atomic E-state index is 0.0521. The number of pyridine rings is 1. The zero-order valence-corrected chi connectivity index (χ0v) is 21.0. The highest BCUT2D eigenvalue weighted by Gasteiger charge is 2.39. The van der Waals surface area contributed by atoms with Gasteiger partial charge in [-0.2, -0.15) is 0 Å². The third-order valence-electron chi connectivity index (χ3n) is 6.07. The molecule has 0 atom stereocenters. The van der Waals surface area contributed by atoms with Crippen molar-refractivity contribution in [1.29, 1.82) is 0 Å². The summed E-state index contributed by atoms with van der Waals surface area (Å²) in [6.45, 7) is 9.02. The van der Waals surface area contributed by atoms with Crippen LogP contribution in [0.4, 0.5) is 5.13 Å². The Morgan fingerprint density at radius 2 is 1.75 bits per heavy atom. The van der Waals surface area contributed by atoms with Crippen LogP contribution in [0.2, 0.25) is 5.02 Å². The van der Waals surface area contributed by atoms with Crippen LogP contribution < -0.4 is 15.8 Å². The number of piperidine rings is 1. The topological polar surface area (TPSA) is 63.1 Å². The van der Waals surface area contributed by atoms with E-state index in [1.807, 2.05) is 24.3 Å². The Bertz CT molecular complexity index is 1180. The molecule has 4 rings (SSSR count). The first-order chi connectivity index (χ1) is 14.9. The Morgan fingerprint density at radius 1 is 1.09 bits per heavy atom. The molecule has 0 aliphatic carbocycles. The molecule has 0 radical (unpaired) electrons. The predicted octanol–water partition coefficient (Wildman–Crippen LogP) is 4.97. The maximum absolute atomic E-state index is 12.0. The van der Waals surface area contributed by atoms with Gasteiger partial charge in [-0.05, 0) is 69.9 Å². The highest BCUT2D eigenvalue weighted by molar-refractivity contribution is 7.18. The summed E-state index contributed by atoms with van der Waals surface area (Å²) in [6.07, 6.45) is 3.83. The normalized spacial score (nSPS) is 18.0. The van der Waals surface area contributed by atoms with Crippen LogP contribution in [0, 0.1) is 0 Å². The molecule has 1 aromatic carbocycles. The molecule has 0 bridgehead atoms. The average molecular weight is 472 g/mol. The van der Waals surface area contributed by atoms with Gasteiger partial charge in [0.15, 0.2) is 5.01 Å². The lowest BCUT2D eigenvalue weighted by molar-refractivity contribution is 0.161. The first-order valence-electron chi connectivity index (χ1n) is 10.8. The number of nitrogens with zero attached hydrogens (tertiary/aromatic N) is 4. The van der Waals surface area contributed by atoms with Gasteiger partial charge in [0.2, 0.25) is 5.13 Å². The zero-order valence-electron chi connectivity index (χ0n) is 19.4. The van der Waals surface area contributed by atoms with Gasteiger partial charge in [0, 0.05) is 49.0 Å². The van der Waals surface area contributed by atoms with Crippen molar-refractivity contribution in [3.05, 3.63) is 51.9 Å². The lowest BCUT2D eigenvalue weighted by atomic mass is 9.79. The molecular weight excluding hydrogens is 442 g/mol. The number of hydrogen-bond acceptors (Lipinski definition) is 6. The van der Waals surface area contributed by atoms with Gasteiger partial charge in [-0.3, -0.25) is 4.79 Å². The van der Waals surface area contributed by atoms with Crippen molar-refractivity contribution in [2.24, 2.45) is 7.05 Å². The van der Waals surface area contributed by atoms with Crippen molar-refractivity contribution in [3.63, 3.8) is 0 Å². The first-order valence-corrected chi connectivity index (χ1v) is 12.0. The van der Waals surface area contributed by atoms with Gasteiger partial charge in [-0.25, -0.2) is 0 Å². The maximum Gasteiger partial charge on any atom is 0.250 e. The SMILES string of the molecule is CN(c1nnc(-c2ccc(-c3ccn(C)c(=O)c3)cc2Cl)s1)C1CC(C)(C)NC(C)(C)C1. The zero-order chi connectivity index (χ0) is 23.3. The van der Waals surface area contributed by atoms with Crippen molar-refractivity contribution in [3.8, 4) is 21.7 Å². The molecule has 1 aliphatic rings. The molecule has 8 heteroatoms. The Balaban J connectivity index is 1.58. The van der Waals surface area contributed by atoms with E-state index in [0.29, 0.717) is 11.1 Å². The average Bonchev–Trinajstić information content (AvgIpc) is 3.17. The van der Waals surface area contributed by atoms with Crippen LogP contribution in [-0.2, 0) is 7.05 Å². The number of anilines is 1. The molecular formula is C24H30ClN5OS. The van der Waals surface area contributed by atoms with Crippen LogP contribution in [0.5, 0.6) is 0 Å². The molecule has 3 aromatic rings. The molecule has 0 spiro atoms. The minimum atomic E-state index is -0.0521. The van der Waals surface area contributed by atoms with Crippen LogP contribution >= 0.6 is 22.9 Å². The molecule has 0 unspecified atom stereocenters. The summed E-state index contributed by atoms with van der Waals surface area (Å²) in [7, 11) is 3.84. The second-order valence-corrected chi connectivity index (χ2v) is 11.4. The second kappa shape index (κ2) is 8.28. The van der Waals surface area contributed by atoms with Gasteiger partial charge < -0.3 is 14.8 Å². The van der Waals surface area contributed by atoms with Gasteiger partial charge in [0.25, 0.3) is 5.56 Å². The molecule has 6 nitrogen and oxygen atoms in total. The smallest absolute Gasteiger partial charge is 0.250 e. The molecule has 0 saturated carbocycles. The third-order valence-corrected chi connectivity index (χ3v) is 7.43. The van der Waals surface area contributed by atoms with Crippen molar-refractivity contribution < 1.29 is 0 Å². The predicted molar refractivity (Wildman–Crippen MR) is 134 cm³/mol. The molecule has 1 aliphatic heterocycles. The molecule has 170 valence electrons. The molecule has 3 heterocycles. The lowest BCUT2D eigenvalue weighted by Crippen LogP contribution is -2.61. The summed E-state index contributed by atoms with van der Waals surface area (Å²) in [6, 6.07) is 9.71. The van der Waals surface area contributed by atoms with Crippen molar-refractivity contribution in [2.45, 2.75) is 57.7 Å². The lowest BCUT2D eigenvalue weighted by Gasteiger charge is -2.48. The Kier molecular flexibility index (Phi) is 5.94. The number of aryl methyl sites for hydroxylation is 1. The van der Waals surface area contributed by atoms with Crippen molar-refractivity contribution >= 4 is 28.1 Å². The molecule has 1 saturated heterocycles. The highest BCUT2D eigenvalue weighted by atomic mass is 35.5. The number of benzene rings is 1. The van der Waals surface area contributed by atoms with Crippen LogP contribution in [0.3, 0.4) is 0 Å². The van der Waals surface area contributed by atoms with E-state index < -0.39 is 0 Å². The number of nitrogens with one attached hydrogen (secondary N) is 1.